The molecule has 4 atom stereocenters. The van der Waals surface area contributed by atoms with E-state index in [4.69, 9.17) is 23.7 Å². The second-order valence-electron chi connectivity index (χ2n) is 6.73. The third kappa shape index (κ3) is 6.22. The Morgan fingerprint density at radius 2 is 1.73 bits per heavy atom. The van der Waals surface area contributed by atoms with Crippen LogP contribution in [0.2, 0.25) is 0 Å². The minimum absolute atomic E-state index is 0.0614. The predicted molar refractivity (Wildman–Crippen MR) is 98.4 cm³/mol. The number of esters is 3. The van der Waals surface area contributed by atoms with E-state index in [0.29, 0.717) is 0 Å². The van der Waals surface area contributed by atoms with Gasteiger partial charge in [-0.1, -0.05) is 30.3 Å². The van der Waals surface area contributed by atoms with Gasteiger partial charge in [0, 0.05) is 25.7 Å². The summed E-state index contributed by atoms with van der Waals surface area (Å²) in [5.41, 5.74) is -1.22. The van der Waals surface area contributed by atoms with E-state index in [1.807, 2.05) is 6.07 Å². The fraction of sp³-hybridized carbons (Fsp3) is 0.526. The first-order chi connectivity index (χ1) is 14.1. The Hall–Kier alpha value is -3.05. The summed E-state index contributed by atoms with van der Waals surface area (Å²) >= 11 is 0. The SMILES string of the molecule is CC(=O)OC1C(OC(C)=O)[C@](C[N+](=O)[O-])(OC(C)=O)CO[C@H]1OCc1ccccc1. The zero-order valence-electron chi connectivity index (χ0n) is 16.8. The van der Waals surface area contributed by atoms with E-state index in [2.05, 4.69) is 0 Å². The van der Waals surface area contributed by atoms with Crippen molar-refractivity contribution >= 4 is 17.9 Å². The Balaban J connectivity index is 2.38. The average molecular weight is 425 g/mol. The first-order valence-electron chi connectivity index (χ1n) is 9.06. The Labute approximate surface area is 172 Å². The molecule has 2 rings (SSSR count). The van der Waals surface area contributed by atoms with Crippen molar-refractivity contribution in [2.75, 3.05) is 13.2 Å². The van der Waals surface area contributed by atoms with Crippen LogP contribution in [0.4, 0.5) is 0 Å². The number of hydrogen-bond donors (Lipinski definition) is 0. The van der Waals surface area contributed by atoms with Crippen molar-refractivity contribution in [2.45, 2.75) is 51.5 Å². The maximum absolute atomic E-state index is 11.7. The molecule has 1 fully saturated rings. The van der Waals surface area contributed by atoms with Gasteiger partial charge in [-0.3, -0.25) is 24.5 Å². The average Bonchev–Trinajstić information content (AvgIpc) is 2.63. The molecule has 0 aliphatic carbocycles. The molecule has 0 N–H and O–H groups in total. The lowest BCUT2D eigenvalue weighted by Gasteiger charge is -2.45. The zero-order chi connectivity index (χ0) is 22.3. The highest BCUT2D eigenvalue weighted by Gasteiger charge is 2.60. The van der Waals surface area contributed by atoms with Gasteiger partial charge in [-0.2, -0.15) is 0 Å². The normalized spacial score (nSPS) is 25.8. The summed E-state index contributed by atoms with van der Waals surface area (Å²) in [6.07, 6.45) is -4.17. The number of rotatable bonds is 8. The third-order valence-electron chi connectivity index (χ3n) is 4.17. The summed E-state index contributed by atoms with van der Waals surface area (Å²) in [5, 5.41) is 11.3. The maximum atomic E-state index is 11.7. The Kier molecular flexibility index (Phi) is 7.84. The molecule has 1 saturated heterocycles. The van der Waals surface area contributed by atoms with Crippen molar-refractivity contribution in [3.63, 3.8) is 0 Å². The highest BCUT2D eigenvalue weighted by Crippen LogP contribution is 2.34. The van der Waals surface area contributed by atoms with Crippen molar-refractivity contribution in [3.8, 4) is 0 Å². The van der Waals surface area contributed by atoms with Gasteiger partial charge in [-0.15, -0.1) is 0 Å². The van der Waals surface area contributed by atoms with Gasteiger partial charge in [-0.05, 0) is 5.56 Å². The van der Waals surface area contributed by atoms with Gasteiger partial charge in [0.2, 0.25) is 12.1 Å². The number of carbonyl (C=O) groups is 3. The molecule has 0 amide bonds. The molecule has 30 heavy (non-hydrogen) atoms. The number of nitrogens with zero attached hydrogens (tertiary/aromatic N) is 1. The number of benzene rings is 1. The number of carbonyl (C=O) groups excluding carboxylic acids is 3. The van der Waals surface area contributed by atoms with Gasteiger partial charge in [0.15, 0.2) is 18.5 Å². The molecule has 0 bridgehead atoms. The first kappa shape index (κ1) is 23.2. The molecule has 11 nitrogen and oxygen atoms in total. The molecule has 0 aromatic heterocycles. The second-order valence-corrected chi connectivity index (χ2v) is 6.73. The maximum Gasteiger partial charge on any atom is 0.303 e. The Morgan fingerprint density at radius 3 is 2.27 bits per heavy atom. The van der Waals surface area contributed by atoms with E-state index >= 15 is 0 Å². The summed E-state index contributed by atoms with van der Waals surface area (Å²) in [6, 6.07) is 9.01. The van der Waals surface area contributed by atoms with Crippen LogP contribution in [-0.2, 0) is 44.7 Å². The van der Waals surface area contributed by atoms with Crippen molar-refractivity contribution in [2.24, 2.45) is 0 Å². The fourth-order valence-electron chi connectivity index (χ4n) is 3.16. The van der Waals surface area contributed by atoms with Crippen LogP contribution in [0.5, 0.6) is 0 Å². The van der Waals surface area contributed by atoms with E-state index in [1.165, 1.54) is 0 Å². The predicted octanol–water partition coefficient (Wildman–Crippen LogP) is 1.00. The summed E-state index contributed by atoms with van der Waals surface area (Å²) < 4.78 is 27.0. The van der Waals surface area contributed by atoms with Crippen LogP contribution in [-0.4, -0.2) is 60.1 Å². The highest BCUT2D eigenvalue weighted by molar-refractivity contribution is 5.69. The summed E-state index contributed by atoms with van der Waals surface area (Å²) in [6.45, 7) is 1.84. The largest absolute Gasteiger partial charge is 0.454 e. The first-order valence-corrected chi connectivity index (χ1v) is 9.06. The fourth-order valence-corrected chi connectivity index (χ4v) is 3.16. The van der Waals surface area contributed by atoms with Gasteiger partial charge >= 0.3 is 17.9 Å². The van der Waals surface area contributed by atoms with Crippen LogP contribution in [0.15, 0.2) is 30.3 Å². The van der Waals surface area contributed by atoms with Crippen LogP contribution >= 0.6 is 0 Å². The molecule has 11 heteroatoms. The molecule has 1 aliphatic rings. The van der Waals surface area contributed by atoms with Gasteiger partial charge in [0.1, 0.15) is 6.61 Å². The van der Waals surface area contributed by atoms with Crippen LogP contribution in [0.1, 0.15) is 26.3 Å². The van der Waals surface area contributed by atoms with Crippen molar-refractivity contribution in [1.29, 1.82) is 0 Å². The summed E-state index contributed by atoms with van der Waals surface area (Å²) in [4.78, 5) is 45.7. The lowest BCUT2D eigenvalue weighted by atomic mass is 9.89. The standard InChI is InChI=1S/C19H23NO10/c1-12(21)28-16-17(29-13(2)22)19(10-20(24)25,30-14(3)23)11-27-18(16)26-9-15-7-5-4-6-8-15/h4-8,16-18H,9-11H2,1-3H3/t16?,17?,18-,19-/m1/s1. The molecule has 2 unspecified atom stereocenters. The lowest BCUT2D eigenvalue weighted by Crippen LogP contribution is -2.67. The molecule has 1 heterocycles. The van der Waals surface area contributed by atoms with Crippen molar-refractivity contribution < 1.29 is 43.0 Å². The van der Waals surface area contributed by atoms with Crippen LogP contribution in [0.25, 0.3) is 0 Å². The summed E-state index contributed by atoms with van der Waals surface area (Å²) in [5.74, 6) is -2.45. The minimum atomic E-state index is -2.01. The quantitative estimate of drug-likeness (QED) is 0.256. The van der Waals surface area contributed by atoms with Gasteiger partial charge in [0.25, 0.3) is 0 Å². The highest BCUT2D eigenvalue weighted by atomic mass is 16.7. The summed E-state index contributed by atoms with van der Waals surface area (Å²) in [7, 11) is 0. The molecule has 164 valence electrons. The molecule has 1 aromatic rings. The lowest BCUT2D eigenvalue weighted by molar-refractivity contribution is -0.511. The van der Waals surface area contributed by atoms with Crippen LogP contribution in [0, 0.1) is 10.1 Å². The molecule has 0 spiro atoms. The van der Waals surface area contributed by atoms with E-state index in [1.54, 1.807) is 24.3 Å². The molecular weight excluding hydrogens is 402 g/mol. The Morgan fingerprint density at radius 1 is 1.10 bits per heavy atom. The number of hydrogen-bond acceptors (Lipinski definition) is 10. The minimum Gasteiger partial charge on any atom is -0.454 e. The smallest absolute Gasteiger partial charge is 0.303 e. The molecule has 0 saturated carbocycles. The Bertz CT molecular complexity index is 765. The zero-order valence-corrected chi connectivity index (χ0v) is 16.8. The van der Waals surface area contributed by atoms with E-state index in [9.17, 15) is 24.5 Å². The van der Waals surface area contributed by atoms with Gasteiger partial charge in [-0.25, -0.2) is 0 Å². The van der Waals surface area contributed by atoms with E-state index in [0.717, 1.165) is 26.3 Å². The third-order valence-corrected chi connectivity index (χ3v) is 4.17. The van der Waals surface area contributed by atoms with Crippen molar-refractivity contribution in [1.82, 2.24) is 0 Å². The van der Waals surface area contributed by atoms with E-state index < -0.39 is 60.1 Å². The molecule has 0 radical (unpaired) electrons. The van der Waals surface area contributed by atoms with Gasteiger partial charge in [0.05, 0.1) is 6.61 Å². The molecule has 1 aliphatic heterocycles. The van der Waals surface area contributed by atoms with Crippen LogP contribution < -0.4 is 0 Å². The molecular formula is C19H23NO10. The van der Waals surface area contributed by atoms with Gasteiger partial charge < -0.3 is 23.7 Å². The van der Waals surface area contributed by atoms with Crippen molar-refractivity contribution in [3.05, 3.63) is 46.0 Å². The second kappa shape index (κ2) is 10.1. The topological polar surface area (TPSA) is 140 Å². The monoisotopic (exact) mass is 425 g/mol. The van der Waals surface area contributed by atoms with E-state index in [-0.39, 0.29) is 6.61 Å². The number of ether oxygens (including phenoxy) is 5. The molecule has 1 aromatic carbocycles. The number of nitro groups is 1. The van der Waals surface area contributed by atoms with Crippen LogP contribution in [0.3, 0.4) is 0 Å².